The maximum Gasteiger partial charge on any atom is 0.271 e. The maximum absolute atomic E-state index is 13.3. The van der Waals surface area contributed by atoms with E-state index in [9.17, 15) is 9.18 Å². The van der Waals surface area contributed by atoms with E-state index in [0.29, 0.717) is 21.9 Å². The molecule has 0 aromatic heterocycles. The van der Waals surface area contributed by atoms with Crippen molar-refractivity contribution in [3.63, 3.8) is 0 Å². The molecule has 0 bridgehead atoms. The van der Waals surface area contributed by atoms with E-state index in [2.05, 4.69) is 10.5 Å². The Labute approximate surface area is 167 Å². The molecular weight excluding hydrogens is 379 g/mol. The number of para-hydroxylation sites is 1. The molecule has 0 aliphatic heterocycles. The summed E-state index contributed by atoms with van der Waals surface area (Å²) in [5.74, 6) is -0.102. The second-order valence-corrected chi connectivity index (χ2v) is 6.53. The molecule has 3 rings (SSSR count). The summed E-state index contributed by atoms with van der Waals surface area (Å²) in [6, 6.07) is 18.5. The van der Waals surface area contributed by atoms with Gasteiger partial charge >= 0.3 is 0 Å². The molecule has 28 heavy (non-hydrogen) atoms. The number of ether oxygens (including phenoxy) is 1. The van der Waals surface area contributed by atoms with E-state index in [4.69, 9.17) is 16.3 Å². The van der Waals surface area contributed by atoms with Gasteiger partial charge in [0.2, 0.25) is 0 Å². The summed E-state index contributed by atoms with van der Waals surface area (Å²) in [4.78, 5) is 12.2. The van der Waals surface area contributed by atoms with Crippen LogP contribution in [0.4, 0.5) is 4.39 Å². The van der Waals surface area contributed by atoms with Gasteiger partial charge in [0.05, 0.1) is 6.21 Å². The van der Waals surface area contributed by atoms with Crippen molar-refractivity contribution in [3.05, 3.63) is 99.8 Å². The number of carbonyl (C=O) groups is 1. The topological polar surface area (TPSA) is 50.7 Å². The van der Waals surface area contributed by atoms with Crippen LogP contribution in [0.15, 0.2) is 71.8 Å². The lowest BCUT2D eigenvalue weighted by atomic mass is 10.1. The van der Waals surface area contributed by atoms with Crippen molar-refractivity contribution in [2.24, 2.45) is 5.10 Å². The van der Waals surface area contributed by atoms with Gasteiger partial charge in [0, 0.05) is 16.1 Å². The quantitative estimate of drug-likeness (QED) is 0.464. The second kappa shape index (κ2) is 9.15. The zero-order valence-electron chi connectivity index (χ0n) is 15.2. The highest BCUT2D eigenvalue weighted by atomic mass is 35.5. The minimum Gasteiger partial charge on any atom is -0.488 e. The Morgan fingerprint density at radius 3 is 2.75 bits per heavy atom. The normalized spacial score (nSPS) is 10.8. The fourth-order valence-electron chi connectivity index (χ4n) is 2.47. The lowest BCUT2D eigenvalue weighted by Gasteiger charge is -2.09. The molecule has 3 aromatic carbocycles. The number of hydrogen-bond donors (Lipinski definition) is 1. The molecule has 0 atom stereocenters. The van der Waals surface area contributed by atoms with E-state index in [1.165, 1.54) is 18.3 Å². The standard InChI is InChI=1S/C22H18ClFN2O2/c1-15-9-10-17(12-20(15)23)22(27)26-25-13-18-6-2-3-8-21(18)28-14-16-5-4-7-19(24)11-16/h2-13H,14H2,1H3,(H,26,27)/b25-13-. The molecule has 0 saturated heterocycles. The van der Waals surface area contributed by atoms with Crippen molar-refractivity contribution in [1.29, 1.82) is 0 Å². The number of benzene rings is 3. The molecule has 0 spiro atoms. The van der Waals surface area contributed by atoms with Crippen molar-refractivity contribution in [2.45, 2.75) is 13.5 Å². The predicted molar refractivity (Wildman–Crippen MR) is 108 cm³/mol. The van der Waals surface area contributed by atoms with Crippen LogP contribution in [0.3, 0.4) is 0 Å². The highest BCUT2D eigenvalue weighted by Crippen LogP contribution is 2.18. The van der Waals surface area contributed by atoms with Gasteiger partial charge in [-0.3, -0.25) is 4.79 Å². The molecule has 0 aliphatic carbocycles. The monoisotopic (exact) mass is 396 g/mol. The highest BCUT2D eigenvalue weighted by molar-refractivity contribution is 6.31. The number of rotatable bonds is 6. The van der Waals surface area contributed by atoms with Gasteiger partial charge in [-0.25, -0.2) is 9.82 Å². The first-order chi connectivity index (χ1) is 13.5. The summed E-state index contributed by atoms with van der Waals surface area (Å²) in [5.41, 5.74) is 5.18. The number of hydrogen-bond acceptors (Lipinski definition) is 3. The van der Waals surface area contributed by atoms with E-state index in [-0.39, 0.29) is 18.3 Å². The molecule has 1 amide bonds. The summed E-state index contributed by atoms with van der Waals surface area (Å²) in [7, 11) is 0. The largest absolute Gasteiger partial charge is 0.488 e. The fourth-order valence-corrected chi connectivity index (χ4v) is 2.65. The van der Waals surface area contributed by atoms with Gasteiger partial charge in [-0.05, 0) is 54.4 Å². The van der Waals surface area contributed by atoms with Gasteiger partial charge < -0.3 is 4.74 Å². The average Bonchev–Trinajstić information content (AvgIpc) is 2.69. The van der Waals surface area contributed by atoms with Gasteiger partial charge in [0.15, 0.2) is 0 Å². The lowest BCUT2D eigenvalue weighted by molar-refractivity contribution is 0.0955. The number of carbonyl (C=O) groups excluding carboxylic acids is 1. The van der Waals surface area contributed by atoms with Crippen LogP contribution in [0.25, 0.3) is 0 Å². The number of nitrogens with one attached hydrogen (secondary N) is 1. The molecule has 0 unspecified atom stereocenters. The van der Waals surface area contributed by atoms with Crippen molar-refractivity contribution in [1.82, 2.24) is 5.43 Å². The van der Waals surface area contributed by atoms with Crippen LogP contribution in [0.5, 0.6) is 5.75 Å². The number of hydrazone groups is 1. The van der Waals surface area contributed by atoms with Crippen molar-refractivity contribution in [2.75, 3.05) is 0 Å². The van der Waals surface area contributed by atoms with Crippen LogP contribution in [0.2, 0.25) is 5.02 Å². The molecule has 0 saturated carbocycles. The van der Waals surface area contributed by atoms with Crippen LogP contribution < -0.4 is 10.2 Å². The van der Waals surface area contributed by atoms with Crippen molar-refractivity contribution >= 4 is 23.7 Å². The smallest absolute Gasteiger partial charge is 0.271 e. The second-order valence-electron chi connectivity index (χ2n) is 6.12. The molecule has 0 aliphatic rings. The summed E-state index contributed by atoms with van der Waals surface area (Å²) in [5, 5.41) is 4.51. The van der Waals surface area contributed by atoms with E-state index in [0.717, 1.165) is 11.1 Å². The van der Waals surface area contributed by atoms with Crippen LogP contribution >= 0.6 is 11.6 Å². The molecule has 1 N–H and O–H groups in total. The van der Waals surface area contributed by atoms with Crippen LogP contribution in [-0.2, 0) is 6.61 Å². The molecule has 4 nitrogen and oxygen atoms in total. The molecule has 142 valence electrons. The highest BCUT2D eigenvalue weighted by Gasteiger charge is 2.07. The van der Waals surface area contributed by atoms with E-state index in [1.54, 1.807) is 42.5 Å². The van der Waals surface area contributed by atoms with Gasteiger partial charge in [0.25, 0.3) is 5.91 Å². The number of nitrogens with zero attached hydrogens (tertiary/aromatic N) is 1. The van der Waals surface area contributed by atoms with E-state index in [1.807, 2.05) is 19.1 Å². The molecule has 0 radical (unpaired) electrons. The molecule has 3 aromatic rings. The lowest BCUT2D eigenvalue weighted by Crippen LogP contribution is -2.17. The maximum atomic E-state index is 13.3. The summed E-state index contributed by atoms with van der Waals surface area (Å²) >= 11 is 6.05. The fraction of sp³-hybridized carbons (Fsp3) is 0.0909. The Morgan fingerprint density at radius 1 is 1.14 bits per heavy atom. The zero-order chi connectivity index (χ0) is 19.9. The Bertz CT molecular complexity index is 1020. The summed E-state index contributed by atoms with van der Waals surface area (Å²) in [6.45, 7) is 2.08. The van der Waals surface area contributed by atoms with E-state index < -0.39 is 0 Å². The van der Waals surface area contributed by atoms with Gasteiger partial charge in [0.1, 0.15) is 18.2 Å². The predicted octanol–water partition coefficient (Wildman–Crippen LogP) is 5.13. The SMILES string of the molecule is Cc1ccc(C(=O)N/N=C\c2ccccc2OCc2cccc(F)c2)cc1Cl. The number of amides is 1. The van der Waals surface area contributed by atoms with Crippen molar-refractivity contribution in [3.8, 4) is 5.75 Å². The Hall–Kier alpha value is -3.18. The average molecular weight is 397 g/mol. The minimum atomic E-state index is -0.365. The molecule has 0 heterocycles. The van der Waals surface area contributed by atoms with Gasteiger partial charge in [-0.15, -0.1) is 0 Å². The molecule has 0 fully saturated rings. The van der Waals surface area contributed by atoms with E-state index >= 15 is 0 Å². The molecular formula is C22H18ClFN2O2. The van der Waals surface area contributed by atoms with Crippen molar-refractivity contribution < 1.29 is 13.9 Å². The third-order valence-electron chi connectivity index (χ3n) is 4.01. The zero-order valence-corrected chi connectivity index (χ0v) is 15.9. The third-order valence-corrected chi connectivity index (χ3v) is 4.41. The van der Waals surface area contributed by atoms with Gasteiger partial charge in [-0.1, -0.05) is 41.9 Å². The first-order valence-corrected chi connectivity index (χ1v) is 8.96. The number of aryl methyl sites for hydroxylation is 1. The van der Waals surface area contributed by atoms with Gasteiger partial charge in [-0.2, -0.15) is 5.10 Å². The molecule has 6 heteroatoms. The van der Waals surface area contributed by atoms with Crippen LogP contribution in [-0.4, -0.2) is 12.1 Å². The Kier molecular flexibility index (Phi) is 6.40. The summed E-state index contributed by atoms with van der Waals surface area (Å²) < 4.78 is 19.0. The van der Waals surface area contributed by atoms with Crippen LogP contribution in [0, 0.1) is 12.7 Å². The first kappa shape index (κ1) is 19.6. The van der Waals surface area contributed by atoms with Crippen LogP contribution in [0.1, 0.15) is 27.0 Å². The Balaban J connectivity index is 1.65. The minimum absolute atomic E-state index is 0.219. The Morgan fingerprint density at radius 2 is 1.96 bits per heavy atom. The summed E-state index contributed by atoms with van der Waals surface area (Å²) in [6.07, 6.45) is 1.49. The first-order valence-electron chi connectivity index (χ1n) is 8.59. The third kappa shape index (κ3) is 5.18. The number of halogens is 2.